The number of hydrogen-bond acceptors (Lipinski definition) is 7. The summed E-state index contributed by atoms with van der Waals surface area (Å²) in [6.07, 6.45) is 11.7. The van der Waals surface area contributed by atoms with Crippen molar-refractivity contribution in [2.75, 3.05) is 26.2 Å². The van der Waals surface area contributed by atoms with Gasteiger partial charge in [0.1, 0.15) is 23.9 Å². The second-order valence-electron chi connectivity index (χ2n) is 14.4. The molecule has 4 aromatic rings. The number of aryl methyl sites for hydroxylation is 4. The fraction of sp³-hybridized carbons (Fsp3) is 0.450. The van der Waals surface area contributed by atoms with Crippen molar-refractivity contribution < 1.29 is 29.4 Å². The van der Waals surface area contributed by atoms with Crippen molar-refractivity contribution in [3.63, 3.8) is 0 Å². The van der Waals surface area contributed by atoms with E-state index >= 15 is 4.79 Å². The molecule has 2 aliphatic carbocycles. The molecule has 0 spiro atoms. The predicted octanol–water partition coefficient (Wildman–Crippen LogP) is 5.84. The first-order valence-corrected chi connectivity index (χ1v) is 18.9. The van der Waals surface area contributed by atoms with E-state index in [1.165, 1.54) is 4.73 Å². The summed E-state index contributed by atoms with van der Waals surface area (Å²) in [5, 5.41) is 22.7. The normalized spacial score (nSPS) is 19.4. The highest BCUT2D eigenvalue weighted by molar-refractivity contribution is 6.30. The zero-order valence-corrected chi connectivity index (χ0v) is 30.5. The minimum Gasteiger partial charge on any atom is -0.508 e. The van der Waals surface area contributed by atoms with Gasteiger partial charge in [-0.15, -0.1) is 0 Å². The van der Waals surface area contributed by atoms with E-state index in [9.17, 15) is 15.1 Å². The lowest BCUT2D eigenvalue weighted by molar-refractivity contribution is -0.911. The van der Waals surface area contributed by atoms with Gasteiger partial charge in [0.25, 0.3) is 5.69 Å². The summed E-state index contributed by atoms with van der Waals surface area (Å²) in [5.74, 6) is -0.104. The summed E-state index contributed by atoms with van der Waals surface area (Å²) in [4.78, 5) is 39.0. The SMILES string of the molecule is Cc1cn(CCCN(Cc2ccccc2O)C(=O)[C@H]2CN(C3c4ccc(Cl)cc4CCc4ccc[n+](O)c43)CCN2C(=O)OC2CCCCC2)cn1. The molecule has 2 aromatic carbocycles. The quantitative estimate of drug-likeness (QED) is 0.165. The molecule has 1 aliphatic heterocycles. The maximum Gasteiger partial charge on any atom is 0.410 e. The third-order valence-electron chi connectivity index (χ3n) is 10.8. The Kier molecular flexibility index (Phi) is 11.0. The number of imidazole rings is 1. The highest BCUT2D eigenvalue weighted by Gasteiger charge is 2.45. The van der Waals surface area contributed by atoms with Crippen molar-refractivity contribution in [2.24, 2.45) is 0 Å². The van der Waals surface area contributed by atoms with Gasteiger partial charge in [0.2, 0.25) is 12.1 Å². The van der Waals surface area contributed by atoms with Crippen molar-refractivity contribution in [3.05, 3.63) is 112 Å². The predicted molar refractivity (Wildman–Crippen MR) is 195 cm³/mol. The lowest BCUT2D eigenvalue weighted by Crippen LogP contribution is -2.62. The molecule has 2 aromatic heterocycles. The number of phenols is 1. The molecule has 0 radical (unpaired) electrons. The van der Waals surface area contributed by atoms with Crippen molar-refractivity contribution >= 4 is 23.6 Å². The standard InChI is InChI=1S/C40H47ClN6O5/c1-28-24-43(27-42-28)18-8-19-45(25-31-9-5-6-13-36(31)48)39(49)35-26-44(21-22-46(35)40(50)52-33-11-3-2-4-12-33)38-34-17-16-32(41)23-30(34)15-14-29-10-7-20-47(51)37(29)38/h5-7,9-10,13,16-17,20,23-24,27,33,35,38H,2-4,8,11-12,14-15,18-19,21-22,25-26H2,1H3,(H-,48,51)/p+1/t35-,38?/m1/s1. The van der Waals surface area contributed by atoms with Gasteiger partial charge in [-0.05, 0) is 87.3 Å². The lowest BCUT2D eigenvalue weighted by Gasteiger charge is -2.44. The topological polar surface area (TPSA) is 115 Å². The Bertz CT molecular complexity index is 1890. The number of carbonyl (C=O) groups excluding carboxylic acids is 2. The maximum atomic E-state index is 15.0. The third kappa shape index (κ3) is 7.90. The van der Waals surface area contributed by atoms with Gasteiger partial charge in [0, 0.05) is 72.4 Å². The summed E-state index contributed by atoms with van der Waals surface area (Å²) in [5.41, 5.74) is 5.41. The minimum atomic E-state index is -0.871. The maximum absolute atomic E-state index is 15.0. The molecule has 2 amide bonds. The molecule has 1 unspecified atom stereocenters. The first-order valence-electron chi connectivity index (χ1n) is 18.5. The summed E-state index contributed by atoms with van der Waals surface area (Å²) in [6.45, 7) is 4.13. The second-order valence-corrected chi connectivity index (χ2v) is 14.8. The molecule has 3 aliphatic rings. The van der Waals surface area contributed by atoms with Gasteiger partial charge in [-0.25, -0.2) is 9.78 Å². The van der Waals surface area contributed by atoms with Crippen molar-refractivity contribution in [2.45, 2.75) is 89.6 Å². The van der Waals surface area contributed by atoms with Crippen LogP contribution < -0.4 is 4.73 Å². The van der Waals surface area contributed by atoms with E-state index in [1.807, 2.05) is 60.2 Å². The van der Waals surface area contributed by atoms with E-state index in [0.717, 1.165) is 73.0 Å². The Morgan fingerprint density at radius 2 is 1.85 bits per heavy atom. The van der Waals surface area contributed by atoms with E-state index in [0.29, 0.717) is 36.6 Å². The number of pyridine rings is 1. The zero-order valence-electron chi connectivity index (χ0n) is 29.7. The number of phenolic OH excluding ortho intramolecular Hbond substituents is 1. The number of para-hydroxylation sites is 1. The molecule has 7 rings (SSSR count). The average molecular weight is 728 g/mol. The highest BCUT2D eigenvalue weighted by Crippen LogP contribution is 2.38. The van der Waals surface area contributed by atoms with E-state index in [2.05, 4.69) is 9.88 Å². The summed E-state index contributed by atoms with van der Waals surface area (Å²) >= 11 is 6.50. The number of nitrogens with zero attached hydrogens (tertiary/aromatic N) is 6. The van der Waals surface area contributed by atoms with Crippen molar-refractivity contribution in [3.8, 4) is 5.75 Å². The number of piperazine rings is 1. The van der Waals surface area contributed by atoms with Crippen LogP contribution in [-0.4, -0.2) is 84.9 Å². The Hall–Kier alpha value is -4.61. The molecule has 0 bridgehead atoms. The molecule has 1 saturated heterocycles. The fourth-order valence-electron chi connectivity index (χ4n) is 8.14. The van der Waals surface area contributed by atoms with Crippen LogP contribution in [0, 0.1) is 6.92 Å². The molecular formula is C40H48ClN6O5+. The van der Waals surface area contributed by atoms with Gasteiger partial charge >= 0.3 is 6.09 Å². The van der Waals surface area contributed by atoms with Gasteiger partial charge in [-0.2, -0.15) is 0 Å². The third-order valence-corrected chi connectivity index (χ3v) is 11.0. The first-order chi connectivity index (χ1) is 25.2. The largest absolute Gasteiger partial charge is 0.508 e. The smallest absolute Gasteiger partial charge is 0.410 e. The monoisotopic (exact) mass is 727 g/mol. The number of aromatic nitrogens is 3. The first kappa shape index (κ1) is 35.8. The van der Waals surface area contributed by atoms with Gasteiger partial charge in [0.05, 0.1) is 12.0 Å². The van der Waals surface area contributed by atoms with Gasteiger partial charge in [-0.3, -0.25) is 19.8 Å². The molecule has 11 nitrogen and oxygen atoms in total. The summed E-state index contributed by atoms with van der Waals surface area (Å²) < 4.78 is 9.31. The van der Waals surface area contributed by atoms with Crippen LogP contribution >= 0.6 is 11.6 Å². The van der Waals surface area contributed by atoms with Crippen LogP contribution in [0.4, 0.5) is 4.79 Å². The highest BCUT2D eigenvalue weighted by atomic mass is 35.5. The van der Waals surface area contributed by atoms with Crippen molar-refractivity contribution in [1.82, 2.24) is 24.3 Å². The molecule has 2 fully saturated rings. The van der Waals surface area contributed by atoms with Crippen molar-refractivity contribution in [1.29, 1.82) is 0 Å². The minimum absolute atomic E-state index is 0.113. The van der Waals surface area contributed by atoms with Gasteiger partial charge < -0.3 is 19.3 Å². The number of fused-ring (bicyclic) bond motifs is 2. The number of rotatable bonds is 9. The number of benzene rings is 2. The molecule has 3 heterocycles. The molecular weight excluding hydrogens is 680 g/mol. The van der Waals surface area contributed by atoms with Crippen LogP contribution in [0.2, 0.25) is 5.02 Å². The van der Waals surface area contributed by atoms with Gasteiger partial charge in [0.15, 0.2) is 0 Å². The Labute approximate surface area is 310 Å². The molecule has 12 heteroatoms. The number of halogens is 1. The molecule has 1 saturated carbocycles. The van der Waals surface area contributed by atoms with Gasteiger partial charge in [-0.1, -0.05) is 42.3 Å². The number of carbonyl (C=O) groups is 2. The number of amides is 2. The second kappa shape index (κ2) is 16.0. The zero-order chi connectivity index (χ0) is 36.2. The van der Waals surface area contributed by atoms with Crippen LogP contribution in [0.3, 0.4) is 0 Å². The Morgan fingerprint density at radius 1 is 1.04 bits per heavy atom. The van der Waals surface area contributed by atoms with E-state index in [4.69, 9.17) is 16.3 Å². The van der Waals surface area contributed by atoms with E-state index < -0.39 is 12.1 Å². The summed E-state index contributed by atoms with van der Waals surface area (Å²) in [6, 6.07) is 15.6. The molecule has 2 N–H and O–H groups in total. The van der Waals surface area contributed by atoms with Crippen LogP contribution in [0.25, 0.3) is 0 Å². The van der Waals surface area contributed by atoms with E-state index in [-0.39, 0.29) is 43.4 Å². The van der Waals surface area contributed by atoms with Crippen LogP contribution in [0.1, 0.15) is 78.2 Å². The molecule has 2 atom stereocenters. The Morgan fingerprint density at radius 3 is 2.63 bits per heavy atom. The number of aromatic hydroxyl groups is 1. The summed E-state index contributed by atoms with van der Waals surface area (Å²) in [7, 11) is 0. The number of ether oxygens (including phenoxy) is 1. The lowest BCUT2D eigenvalue weighted by atomic mass is 9.95. The van der Waals surface area contributed by atoms with Crippen LogP contribution in [-0.2, 0) is 35.5 Å². The fourth-order valence-corrected chi connectivity index (χ4v) is 8.33. The van der Waals surface area contributed by atoms with Crippen LogP contribution in [0.5, 0.6) is 5.75 Å². The molecule has 52 heavy (non-hydrogen) atoms. The van der Waals surface area contributed by atoms with Crippen LogP contribution in [0.15, 0.2) is 73.3 Å². The average Bonchev–Trinajstić information content (AvgIpc) is 3.49. The Balaban J connectivity index is 1.23. The number of hydrogen-bond donors (Lipinski definition) is 2. The van der Waals surface area contributed by atoms with E-state index in [1.54, 1.807) is 34.5 Å². The molecule has 274 valence electrons.